The highest BCUT2D eigenvalue weighted by Gasteiger charge is 2.25. The Hall–Kier alpha value is -2.35. The molecule has 1 amide bonds. The molecule has 0 saturated carbocycles. The maximum atomic E-state index is 12.8. The average molecular weight is 362 g/mol. The minimum absolute atomic E-state index is 0.254. The van der Waals surface area contributed by atoms with Crippen molar-refractivity contribution in [2.24, 2.45) is 0 Å². The van der Waals surface area contributed by atoms with Gasteiger partial charge in [0, 0.05) is 18.9 Å². The Morgan fingerprint density at radius 3 is 2.68 bits per heavy atom. The molecule has 0 aliphatic carbocycles. The van der Waals surface area contributed by atoms with E-state index in [0.717, 1.165) is 19.3 Å². The Kier molecular flexibility index (Phi) is 7.00. The Morgan fingerprint density at radius 2 is 2.04 bits per heavy atom. The van der Waals surface area contributed by atoms with Crippen LogP contribution in [0.5, 0.6) is 0 Å². The highest BCUT2D eigenvalue weighted by atomic mass is 32.1. The normalized spacial score (nSPS) is 10.5. The van der Waals surface area contributed by atoms with Crippen molar-refractivity contribution >= 4 is 28.3 Å². The van der Waals surface area contributed by atoms with Gasteiger partial charge in [-0.1, -0.05) is 31.1 Å². The number of aryl methyl sites for hydroxylation is 1. The lowest BCUT2D eigenvalue weighted by molar-refractivity contribution is 0.0531. The molecule has 7 nitrogen and oxygen atoms in total. The molecule has 0 aromatic carbocycles. The van der Waals surface area contributed by atoms with Gasteiger partial charge in [-0.05, 0) is 20.3 Å². The molecule has 0 saturated heterocycles. The number of carbonyl (C=O) groups excluding carboxylic acids is 2. The number of rotatable bonds is 8. The van der Waals surface area contributed by atoms with E-state index in [9.17, 15) is 9.59 Å². The molecule has 25 heavy (non-hydrogen) atoms. The molecule has 134 valence electrons. The van der Waals surface area contributed by atoms with Crippen molar-refractivity contribution in [1.82, 2.24) is 15.0 Å². The lowest BCUT2D eigenvalue weighted by atomic mass is 10.2. The van der Waals surface area contributed by atoms with Crippen LogP contribution in [0.15, 0.2) is 18.6 Å². The summed E-state index contributed by atoms with van der Waals surface area (Å²) in [7, 11) is 0. The summed E-state index contributed by atoms with van der Waals surface area (Å²) in [4.78, 5) is 39.3. The van der Waals surface area contributed by atoms with Crippen LogP contribution in [0.4, 0.5) is 5.13 Å². The summed E-state index contributed by atoms with van der Waals surface area (Å²) >= 11 is 1.17. The van der Waals surface area contributed by atoms with Crippen molar-refractivity contribution in [2.45, 2.75) is 40.0 Å². The Labute approximate surface area is 151 Å². The van der Waals surface area contributed by atoms with Crippen LogP contribution in [-0.4, -0.2) is 40.0 Å². The second-order valence-electron chi connectivity index (χ2n) is 5.39. The van der Waals surface area contributed by atoms with Crippen molar-refractivity contribution in [2.75, 3.05) is 18.1 Å². The molecular weight excluding hydrogens is 340 g/mol. The summed E-state index contributed by atoms with van der Waals surface area (Å²) in [5.41, 5.74) is 0.815. The number of ether oxygens (including phenoxy) is 1. The van der Waals surface area contributed by atoms with Crippen molar-refractivity contribution < 1.29 is 14.3 Å². The second-order valence-corrected chi connectivity index (χ2v) is 6.36. The van der Waals surface area contributed by atoms with E-state index in [-0.39, 0.29) is 11.6 Å². The van der Waals surface area contributed by atoms with Gasteiger partial charge in [-0.15, -0.1) is 0 Å². The Bertz CT molecular complexity index is 718. The van der Waals surface area contributed by atoms with E-state index in [1.54, 1.807) is 18.7 Å². The van der Waals surface area contributed by atoms with Gasteiger partial charge in [-0.25, -0.2) is 14.8 Å². The molecule has 2 heterocycles. The average Bonchev–Trinajstić information content (AvgIpc) is 3.01. The number of amides is 1. The quantitative estimate of drug-likeness (QED) is 0.529. The Balaban J connectivity index is 2.30. The number of anilines is 1. The standard InChI is InChI=1S/C17H22N4O3S/c1-4-6-7-10-21(15(22)13-11-18-8-9-19-13)17-20-12(3)14(25-17)16(23)24-5-2/h8-9,11H,4-7,10H2,1-3H3. The van der Waals surface area contributed by atoms with Crippen LogP contribution in [0.25, 0.3) is 0 Å². The van der Waals surface area contributed by atoms with Crippen molar-refractivity contribution in [1.29, 1.82) is 0 Å². The topological polar surface area (TPSA) is 85.3 Å². The van der Waals surface area contributed by atoms with Gasteiger partial charge in [0.15, 0.2) is 5.13 Å². The maximum absolute atomic E-state index is 12.8. The van der Waals surface area contributed by atoms with E-state index in [0.29, 0.717) is 28.9 Å². The third-order valence-corrected chi connectivity index (χ3v) is 4.65. The maximum Gasteiger partial charge on any atom is 0.350 e. The van der Waals surface area contributed by atoms with Crippen molar-refractivity contribution in [3.63, 3.8) is 0 Å². The second kappa shape index (κ2) is 9.22. The highest BCUT2D eigenvalue weighted by molar-refractivity contribution is 7.17. The van der Waals surface area contributed by atoms with Crippen LogP contribution in [0.3, 0.4) is 0 Å². The summed E-state index contributed by atoms with van der Waals surface area (Å²) in [6.07, 6.45) is 7.31. The molecule has 0 aliphatic heterocycles. The van der Waals surface area contributed by atoms with E-state index in [2.05, 4.69) is 21.9 Å². The van der Waals surface area contributed by atoms with Gasteiger partial charge in [-0.3, -0.25) is 14.7 Å². The van der Waals surface area contributed by atoms with Crippen LogP contribution in [0.2, 0.25) is 0 Å². The minimum atomic E-state index is -0.413. The van der Waals surface area contributed by atoms with E-state index in [1.165, 1.54) is 29.9 Å². The molecule has 0 N–H and O–H groups in total. The first kappa shape index (κ1) is 19.0. The van der Waals surface area contributed by atoms with Crippen molar-refractivity contribution in [3.05, 3.63) is 34.9 Å². The lowest BCUT2D eigenvalue weighted by Crippen LogP contribution is -2.32. The summed E-state index contributed by atoms with van der Waals surface area (Å²) in [5, 5.41) is 0.479. The predicted molar refractivity (Wildman–Crippen MR) is 96.0 cm³/mol. The molecule has 0 aliphatic rings. The van der Waals surface area contributed by atoms with E-state index >= 15 is 0 Å². The zero-order valence-corrected chi connectivity index (χ0v) is 15.5. The third-order valence-electron chi connectivity index (χ3n) is 3.49. The summed E-state index contributed by atoms with van der Waals surface area (Å²) in [5.74, 6) is -0.683. The molecule has 2 rings (SSSR count). The molecule has 0 atom stereocenters. The van der Waals surface area contributed by atoms with Gasteiger partial charge < -0.3 is 4.74 Å². The first-order valence-corrected chi connectivity index (χ1v) is 9.12. The van der Waals surface area contributed by atoms with Crippen LogP contribution in [0, 0.1) is 6.92 Å². The van der Waals surface area contributed by atoms with Crippen LogP contribution < -0.4 is 4.90 Å². The van der Waals surface area contributed by atoms with Crippen LogP contribution in [-0.2, 0) is 4.74 Å². The smallest absolute Gasteiger partial charge is 0.350 e. The number of thiazole rings is 1. The fourth-order valence-electron chi connectivity index (χ4n) is 2.24. The van der Waals surface area contributed by atoms with Crippen LogP contribution in [0.1, 0.15) is 59.0 Å². The fourth-order valence-corrected chi connectivity index (χ4v) is 3.22. The van der Waals surface area contributed by atoms with Crippen LogP contribution >= 0.6 is 11.3 Å². The van der Waals surface area contributed by atoms with Crippen molar-refractivity contribution in [3.8, 4) is 0 Å². The molecular formula is C17H22N4O3S. The van der Waals surface area contributed by atoms with Gasteiger partial charge in [0.25, 0.3) is 5.91 Å². The van der Waals surface area contributed by atoms with Gasteiger partial charge in [0.2, 0.25) is 0 Å². The summed E-state index contributed by atoms with van der Waals surface area (Å²) in [6, 6.07) is 0. The van der Waals surface area contributed by atoms with E-state index in [1.807, 2.05) is 0 Å². The number of unbranched alkanes of at least 4 members (excludes halogenated alkanes) is 2. The Morgan fingerprint density at radius 1 is 1.24 bits per heavy atom. The molecule has 8 heteroatoms. The van der Waals surface area contributed by atoms with Gasteiger partial charge >= 0.3 is 5.97 Å². The molecule has 0 radical (unpaired) electrons. The predicted octanol–water partition coefficient (Wildman–Crippen LogP) is 3.26. The molecule has 2 aromatic rings. The van der Waals surface area contributed by atoms with Gasteiger partial charge in [-0.2, -0.15) is 0 Å². The monoisotopic (exact) mass is 362 g/mol. The summed E-state index contributed by atoms with van der Waals surface area (Å²) < 4.78 is 5.05. The first-order chi connectivity index (χ1) is 12.1. The largest absolute Gasteiger partial charge is 0.462 e. The van der Waals surface area contributed by atoms with Gasteiger partial charge in [0.05, 0.1) is 18.5 Å². The number of carbonyl (C=O) groups is 2. The van der Waals surface area contributed by atoms with Gasteiger partial charge in [0.1, 0.15) is 10.6 Å². The lowest BCUT2D eigenvalue weighted by Gasteiger charge is -2.19. The third kappa shape index (κ3) is 4.82. The fraction of sp³-hybridized carbons (Fsp3) is 0.471. The SMILES string of the molecule is CCCCCN(C(=O)c1cnccn1)c1nc(C)c(C(=O)OCC)s1. The molecule has 0 fully saturated rings. The molecule has 0 unspecified atom stereocenters. The number of esters is 1. The molecule has 2 aromatic heterocycles. The summed E-state index contributed by atoms with van der Waals surface area (Å²) in [6.45, 7) is 6.40. The zero-order valence-electron chi connectivity index (χ0n) is 14.7. The highest BCUT2D eigenvalue weighted by Crippen LogP contribution is 2.28. The number of nitrogens with zero attached hydrogens (tertiary/aromatic N) is 4. The van der Waals surface area contributed by atoms with E-state index < -0.39 is 5.97 Å². The number of aromatic nitrogens is 3. The number of hydrogen-bond acceptors (Lipinski definition) is 7. The molecule has 0 spiro atoms. The molecule has 0 bridgehead atoms. The first-order valence-electron chi connectivity index (χ1n) is 8.30. The minimum Gasteiger partial charge on any atom is -0.462 e. The number of hydrogen-bond donors (Lipinski definition) is 0. The van der Waals surface area contributed by atoms with E-state index in [4.69, 9.17) is 4.74 Å². The zero-order chi connectivity index (χ0) is 18.2.